The van der Waals surface area contributed by atoms with Crippen LogP contribution in [-0.2, 0) is 38.3 Å². The molecule has 0 saturated carbocycles. The molecule has 6 aliphatic rings. The Labute approximate surface area is 679 Å². The number of hydrogen-bond acceptors (Lipinski definition) is 17. The molecule has 3 saturated heterocycles. The fourth-order valence-corrected chi connectivity index (χ4v) is 39.1. The van der Waals surface area contributed by atoms with Gasteiger partial charge in [0.2, 0.25) is 0 Å². The number of aryl methyl sites for hydroxylation is 4. The average Bonchev–Trinajstić information content (AvgIpc) is 1.45. The van der Waals surface area contributed by atoms with Crippen molar-refractivity contribution in [2.75, 3.05) is 54.0 Å². The predicted molar refractivity (Wildman–Crippen MR) is 463 cm³/mol. The van der Waals surface area contributed by atoms with Gasteiger partial charge in [-0.15, -0.1) is 35.1 Å². The van der Waals surface area contributed by atoms with Gasteiger partial charge < -0.3 is 29.9 Å². The van der Waals surface area contributed by atoms with E-state index in [9.17, 15) is 9.59 Å². The van der Waals surface area contributed by atoms with E-state index in [-0.39, 0.29) is 58.5 Å². The maximum absolute atomic E-state index is 12.9. The van der Waals surface area contributed by atoms with Crippen molar-refractivity contribution in [2.24, 2.45) is 22.0 Å². The Hall–Kier alpha value is -6.61. The molecule has 588 valence electrons. The zero-order valence-electron chi connectivity index (χ0n) is 67.8. The Morgan fingerprint density at radius 1 is 0.482 bits per heavy atom. The van der Waals surface area contributed by atoms with Crippen LogP contribution in [0.25, 0.3) is 21.1 Å². The first-order chi connectivity index (χ1) is 52.3. The Kier molecular flexibility index (Phi) is 28.4. The molecule has 14 nitrogen and oxygen atoms in total. The number of rotatable bonds is 19. The minimum Gasteiger partial charge on any atom is -0.460 e. The molecule has 110 heavy (non-hydrogen) atoms. The molecule has 3 aromatic carbocycles. The average molecular weight is 1670 g/mol. The van der Waals surface area contributed by atoms with Crippen LogP contribution < -0.4 is 23.5 Å². The third-order valence-corrected chi connectivity index (χ3v) is 44.4. The molecule has 2 N–H and O–H groups in total. The van der Waals surface area contributed by atoms with Crippen molar-refractivity contribution < 1.29 is 19.1 Å². The van der Waals surface area contributed by atoms with Crippen molar-refractivity contribution in [3.63, 3.8) is 0 Å². The maximum Gasteiger partial charge on any atom is 0.306 e. The summed E-state index contributed by atoms with van der Waals surface area (Å²) in [5, 5.41) is 8.32. The quantitative estimate of drug-likeness (QED) is 0.0600. The Balaban J connectivity index is 0.000000148. The number of carbonyl (C=O) groups excluding carboxylic acids is 2. The van der Waals surface area contributed by atoms with Crippen LogP contribution in [0.1, 0.15) is 226 Å². The van der Waals surface area contributed by atoms with Crippen LogP contribution in [0.4, 0.5) is 17.5 Å². The number of esters is 2. The second kappa shape index (κ2) is 37.1. The molecule has 9 heterocycles. The number of carbonyl (C=O) groups is 2. The van der Waals surface area contributed by atoms with Crippen LogP contribution in [-0.4, -0.2) is 111 Å². The van der Waals surface area contributed by atoms with Crippen molar-refractivity contribution in [1.29, 1.82) is 0 Å². The molecule has 9 aromatic rings. The van der Waals surface area contributed by atoms with E-state index < -0.39 is 29.6 Å². The predicted octanol–water partition coefficient (Wildman–Crippen LogP) is 21.5. The zero-order chi connectivity index (χ0) is 77.1. The van der Waals surface area contributed by atoms with E-state index in [1.807, 2.05) is 82.2 Å². The molecule has 0 bridgehead atoms. The van der Waals surface area contributed by atoms with Gasteiger partial charge in [-0.05, 0) is 219 Å². The van der Waals surface area contributed by atoms with E-state index in [1.165, 1.54) is 77.5 Å². The Morgan fingerprint density at radius 2 is 0.836 bits per heavy atom. The second-order valence-electron chi connectivity index (χ2n) is 34.3. The molecule has 19 heteroatoms. The molecular weight excluding hydrogens is 1550 g/mol. The number of anilines is 3. The van der Waals surface area contributed by atoms with E-state index in [0.717, 1.165) is 153 Å². The number of ether oxygens (including phenoxy) is 2. The molecule has 3 aliphatic heterocycles. The van der Waals surface area contributed by atoms with Crippen LogP contribution in [0, 0.1) is 43.9 Å². The number of fused-ring (bicyclic) bond motifs is 3. The van der Waals surface area contributed by atoms with Gasteiger partial charge in [-0.1, -0.05) is 72.8 Å². The molecular formula is C91H121ClN10O4S3Sn. The molecule has 6 aromatic heterocycles. The number of benzene rings is 3. The van der Waals surface area contributed by atoms with Crippen LogP contribution in [0.5, 0.6) is 0 Å². The zero-order valence-corrected chi connectivity index (χ0v) is 74.0. The molecule has 3 spiro atoms. The number of thiazole rings is 3. The summed E-state index contributed by atoms with van der Waals surface area (Å²) in [6.07, 6.45) is 24.7. The van der Waals surface area contributed by atoms with Crippen molar-refractivity contribution in [1.82, 2.24) is 29.9 Å². The van der Waals surface area contributed by atoms with Crippen LogP contribution in [0.3, 0.4) is 0 Å². The third-order valence-electron chi connectivity index (χ3n) is 24.1. The van der Waals surface area contributed by atoms with E-state index in [2.05, 4.69) is 188 Å². The monoisotopic (exact) mass is 1670 g/mol. The smallest absolute Gasteiger partial charge is 0.306 e. The van der Waals surface area contributed by atoms with E-state index >= 15 is 0 Å². The number of unbranched alkanes of at least 4 members (excludes halogenated alkanes) is 3. The van der Waals surface area contributed by atoms with Gasteiger partial charge in [0.25, 0.3) is 0 Å². The number of piperidine rings is 3. The van der Waals surface area contributed by atoms with E-state index in [4.69, 9.17) is 35.1 Å². The van der Waals surface area contributed by atoms with Gasteiger partial charge in [-0.3, -0.25) is 9.59 Å². The summed E-state index contributed by atoms with van der Waals surface area (Å²) >= 11 is 3.17. The Morgan fingerprint density at radius 3 is 1.20 bits per heavy atom. The molecule has 3 fully saturated rings. The van der Waals surface area contributed by atoms with Crippen molar-refractivity contribution in [3.8, 4) is 21.1 Å². The molecule has 0 amide bonds. The molecule has 3 aliphatic carbocycles. The normalized spacial score (nSPS) is 18.6. The number of pyridine rings is 3. The SMILES string of the molecule is CCC[CH2][Sn]([CH2]CCC)([CH2]CCC)[c]1nccs1.Cc1cc(-c2nccs2)cc(N2CCC3(CC2)Cc2ccccc2[C@H]3CC(=O)OC(C)(C)C)n1.Cc1cc(-c2nccs2)cc(N2CCC3(CC2)Cc2ccccc2[C@H]3N)n1.Cc1cc(C)nc(N2CCC3(CC2)Cc2ccccc2[C@H]3CC(=O)OC(C)(C)C)c1.Cl. The minimum absolute atomic E-state index is 0. The van der Waals surface area contributed by atoms with Crippen LogP contribution >= 0.6 is 46.4 Å². The summed E-state index contributed by atoms with van der Waals surface area (Å²) in [5.41, 5.74) is 21.2. The summed E-state index contributed by atoms with van der Waals surface area (Å²) < 4.78 is 17.7. The largest absolute Gasteiger partial charge is 0.460 e. The first-order valence-corrected chi connectivity index (χ1v) is 50.7. The van der Waals surface area contributed by atoms with E-state index in [0.29, 0.717) is 12.8 Å². The fourth-order valence-electron chi connectivity index (χ4n) is 18.7. The van der Waals surface area contributed by atoms with Gasteiger partial charge in [0.1, 0.15) is 38.7 Å². The third kappa shape index (κ3) is 20.5. The molecule has 3 atom stereocenters. The fraction of sp³-hybridized carbons (Fsp3) is 0.516. The summed E-state index contributed by atoms with van der Waals surface area (Å²) in [6, 6.07) is 39.1. The number of nitrogens with two attached hydrogens (primary N) is 1. The first-order valence-electron chi connectivity index (χ1n) is 40.6. The summed E-state index contributed by atoms with van der Waals surface area (Å²) in [6.45, 7) is 32.8. The standard InChI is InChI=1S/C28H33N3O2S.C26H34N2O2.C22H24N4S.3C4H9.C3H2NS.ClH.Sn/c1-19-15-21(26-29-11-14-34-26)16-24(30-19)31-12-9-28(10-13-31)18-20-7-5-6-8-22(20)23(28)17-25(32)33-27(2,3)4;1-18-14-19(2)27-23(15-18)28-12-10-26(11-13-28)17-20-8-6-7-9-21(20)22(26)16-24(29)30-25(3,4)5;1-15-12-17(21-24-8-11-27-21)13-19(25-15)26-9-6-22(7-10-26)14-16-4-2-3-5-18(16)20(22)23;3*1-3-4-2;1-2-5-3-4-1;;/h5-8,11,14-16,23H,9-10,12-13,17-18H2,1-4H3;6-9,14-15,22H,10-13,16-17H2,1-5H3;2-5,8,11-13,20H,6-7,9-10,14,23H2,1H3;3*1,3-4H2,2H3;1-2H;1H;/t23-;22-;20-;;;;;;/m111....../s1. The van der Waals surface area contributed by atoms with Gasteiger partial charge in [0.15, 0.2) is 0 Å². The number of halogens is 1. The number of aromatic nitrogens is 6. The molecule has 0 radical (unpaired) electrons. The van der Waals surface area contributed by atoms with Crippen LogP contribution in [0.2, 0.25) is 13.3 Å². The summed E-state index contributed by atoms with van der Waals surface area (Å²) in [5.74, 6) is 3.45. The van der Waals surface area contributed by atoms with Crippen LogP contribution in [0.15, 0.2) is 144 Å². The first kappa shape index (κ1) is 84.3. The van der Waals surface area contributed by atoms with Gasteiger partial charge >= 0.3 is 134 Å². The minimum atomic E-state index is -2.12. The van der Waals surface area contributed by atoms with Gasteiger partial charge in [-0.2, -0.15) is 0 Å². The van der Waals surface area contributed by atoms with Gasteiger partial charge in [-0.25, -0.2) is 24.9 Å². The number of nitrogens with zero attached hydrogens (tertiary/aromatic N) is 9. The topological polar surface area (TPSA) is 166 Å². The van der Waals surface area contributed by atoms with Crippen molar-refractivity contribution in [3.05, 3.63) is 200 Å². The molecule has 15 rings (SSSR count). The van der Waals surface area contributed by atoms with Gasteiger partial charge in [0.05, 0.1) is 12.8 Å². The molecule has 0 unspecified atom stereocenters. The maximum atomic E-state index is 12.9. The second-order valence-corrected chi connectivity index (χ2v) is 51.0. The van der Waals surface area contributed by atoms with Crippen molar-refractivity contribution >= 4 is 97.2 Å². The van der Waals surface area contributed by atoms with E-state index in [1.54, 1.807) is 39.0 Å². The summed E-state index contributed by atoms with van der Waals surface area (Å²) in [4.78, 5) is 61.0. The Bertz CT molecular complexity index is 4420. The number of hydrogen-bond donors (Lipinski definition) is 1. The van der Waals surface area contributed by atoms with Gasteiger partial charge in [0, 0.05) is 109 Å². The van der Waals surface area contributed by atoms with Crippen molar-refractivity contribution in [2.45, 2.75) is 242 Å². The summed E-state index contributed by atoms with van der Waals surface area (Å²) in [7, 11) is 0.